The number of amides is 2. The third kappa shape index (κ3) is 4.74. The summed E-state index contributed by atoms with van der Waals surface area (Å²) in [5, 5.41) is 0.0272. The zero-order valence-corrected chi connectivity index (χ0v) is 19.4. The summed E-state index contributed by atoms with van der Waals surface area (Å²) in [7, 11) is 0. The highest BCUT2D eigenvalue weighted by molar-refractivity contribution is 8.00. The first-order chi connectivity index (χ1) is 15.8. The van der Waals surface area contributed by atoms with E-state index in [0.717, 1.165) is 11.8 Å². The average molecular weight is 489 g/mol. The Morgan fingerprint density at radius 3 is 2.58 bits per heavy atom. The molecule has 2 amide bonds. The number of fused-ring (bicyclic) bond motifs is 1. The molecule has 1 fully saturated rings. The zero-order valence-electron chi connectivity index (χ0n) is 17.8. The number of thioether (sulfide) groups is 1. The molecule has 2 heterocycles. The molecule has 1 atom stereocenters. The molecule has 0 radical (unpaired) electrons. The molecular weight excluding hydrogens is 467 g/mol. The molecule has 1 aromatic heterocycles. The molecular formula is C23H22ClFN4O3S. The summed E-state index contributed by atoms with van der Waals surface area (Å²) in [5.74, 6) is -1.27. The SMILES string of the molecule is CC(Sc1nc2ccccc2c(=O)n1-c1ccc(F)c(Cl)c1)C(=O)N1CCC(C(N)=O)CC1. The van der Waals surface area contributed by atoms with Crippen LogP contribution in [-0.4, -0.2) is 44.6 Å². The first kappa shape index (κ1) is 23.3. The maximum absolute atomic E-state index is 13.7. The summed E-state index contributed by atoms with van der Waals surface area (Å²) in [6, 6.07) is 10.9. The van der Waals surface area contributed by atoms with Crippen molar-refractivity contribution in [2.24, 2.45) is 11.7 Å². The highest BCUT2D eigenvalue weighted by atomic mass is 35.5. The lowest BCUT2D eigenvalue weighted by molar-refractivity contribution is -0.134. The number of likely N-dealkylation sites (tertiary alicyclic amines) is 1. The number of benzene rings is 2. The Labute approximate surface area is 198 Å². The Morgan fingerprint density at radius 2 is 1.91 bits per heavy atom. The molecule has 172 valence electrons. The fourth-order valence-corrected chi connectivity index (χ4v) is 5.08. The van der Waals surface area contributed by atoms with E-state index < -0.39 is 11.1 Å². The number of nitrogens with zero attached hydrogens (tertiary/aromatic N) is 3. The van der Waals surface area contributed by atoms with Gasteiger partial charge in [-0.25, -0.2) is 9.37 Å². The standard InChI is InChI=1S/C23H22ClFN4O3S/c1-13(21(31)28-10-8-14(9-11-28)20(26)30)33-23-27-19-5-3-2-4-16(19)22(32)29(23)15-6-7-18(25)17(24)12-15/h2-7,12-14H,8-11H2,1H3,(H2,26,30). The molecule has 0 spiro atoms. The number of rotatable bonds is 5. The van der Waals surface area contributed by atoms with Gasteiger partial charge in [-0.15, -0.1) is 0 Å². The van der Waals surface area contributed by atoms with Gasteiger partial charge in [0.1, 0.15) is 5.82 Å². The van der Waals surface area contributed by atoms with E-state index in [-0.39, 0.29) is 28.3 Å². The normalized spacial score (nSPS) is 15.5. The number of carbonyl (C=O) groups is 2. The van der Waals surface area contributed by atoms with Gasteiger partial charge in [0.2, 0.25) is 11.8 Å². The summed E-state index contributed by atoms with van der Waals surface area (Å²) >= 11 is 7.11. The summed E-state index contributed by atoms with van der Waals surface area (Å²) in [6.45, 7) is 2.64. The molecule has 1 unspecified atom stereocenters. The monoisotopic (exact) mass is 488 g/mol. The number of hydrogen-bond acceptors (Lipinski definition) is 5. The van der Waals surface area contributed by atoms with E-state index in [9.17, 15) is 18.8 Å². The maximum Gasteiger partial charge on any atom is 0.266 e. The van der Waals surface area contributed by atoms with E-state index in [1.807, 2.05) is 0 Å². The molecule has 4 rings (SSSR count). The van der Waals surface area contributed by atoms with Crippen molar-refractivity contribution in [1.29, 1.82) is 0 Å². The Kier molecular flexibility index (Phi) is 6.71. The number of nitrogens with two attached hydrogens (primary N) is 1. The van der Waals surface area contributed by atoms with Crippen molar-refractivity contribution in [2.45, 2.75) is 30.2 Å². The van der Waals surface area contributed by atoms with E-state index in [1.54, 1.807) is 36.1 Å². The third-order valence-corrected chi connectivity index (χ3v) is 7.07. The predicted octanol–water partition coefficient (Wildman–Crippen LogP) is 3.38. The Bertz CT molecular complexity index is 1290. The van der Waals surface area contributed by atoms with Gasteiger partial charge in [-0.05, 0) is 50.1 Å². The van der Waals surface area contributed by atoms with Gasteiger partial charge in [0.15, 0.2) is 5.16 Å². The smallest absolute Gasteiger partial charge is 0.266 e. The van der Waals surface area contributed by atoms with E-state index in [4.69, 9.17) is 17.3 Å². The van der Waals surface area contributed by atoms with Gasteiger partial charge in [0.05, 0.1) is 26.9 Å². The van der Waals surface area contributed by atoms with Gasteiger partial charge in [-0.1, -0.05) is 35.5 Å². The zero-order chi connectivity index (χ0) is 23.7. The molecule has 3 aromatic rings. The van der Waals surface area contributed by atoms with Crippen molar-refractivity contribution < 1.29 is 14.0 Å². The number of piperidine rings is 1. The molecule has 0 bridgehead atoms. The van der Waals surface area contributed by atoms with Gasteiger partial charge < -0.3 is 10.6 Å². The van der Waals surface area contributed by atoms with Crippen LogP contribution in [0.15, 0.2) is 52.4 Å². The van der Waals surface area contributed by atoms with Gasteiger partial charge in [-0.3, -0.25) is 19.0 Å². The van der Waals surface area contributed by atoms with Gasteiger partial charge >= 0.3 is 0 Å². The highest BCUT2D eigenvalue weighted by Crippen LogP contribution is 2.28. The molecule has 1 aliphatic rings. The number of hydrogen-bond donors (Lipinski definition) is 1. The van der Waals surface area contributed by atoms with Gasteiger partial charge in [0.25, 0.3) is 5.56 Å². The number of aromatic nitrogens is 2. The number of para-hydroxylation sites is 1. The second-order valence-corrected chi connectivity index (χ2v) is 9.63. The van der Waals surface area contributed by atoms with Crippen LogP contribution in [0.3, 0.4) is 0 Å². The molecule has 0 saturated carbocycles. The second-order valence-electron chi connectivity index (χ2n) is 7.91. The van der Waals surface area contributed by atoms with E-state index >= 15 is 0 Å². The average Bonchev–Trinajstić information content (AvgIpc) is 2.81. The van der Waals surface area contributed by atoms with E-state index in [2.05, 4.69) is 4.98 Å². The maximum atomic E-state index is 13.7. The van der Waals surface area contributed by atoms with Crippen molar-refractivity contribution in [1.82, 2.24) is 14.5 Å². The predicted molar refractivity (Wildman–Crippen MR) is 126 cm³/mol. The van der Waals surface area contributed by atoms with E-state index in [1.165, 1.54) is 22.8 Å². The minimum Gasteiger partial charge on any atom is -0.369 e. The molecule has 10 heteroatoms. The van der Waals surface area contributed by atoms with E-state index in [0.29, 0.717) is 47.7 Å². The molecule has 7 nitrogen and oxygen atoms in total. The largest absolute Gasteiger partial charge is 0.369 e. The summed E-state index contributed by atoms with van der Waals surface area (Å²) < 4.78 is 15.1. The summed E-state index contributed by atoms with van der Waals surface area (Å²) in [6.07, 6.45) is 1.07. The minimum atomic E-state index is -0.598. The number of halogens is 2. The van der Waals surface area contributed by atoms with Crippen LogP contribution in [0, 0.1) is 11.7 Å². The fraction of sp³-hybridized carbons (Fsp3) is 0.304. The van der Waals surface area contributed by atoms with Crippen LogP contribution in [0.1, 0.15) is 19.8 Å². The highest BCUT2D eigenvalue weighted by Gasteiger charge is 2.29. The lowest BCUT2D eigenvalue weighted by atomic mass is 9.96. The molecule has 2 aromatic carbocycles. The summed E-state index contributed by atoms with van der Waals surface area (Å²) in [4.78, 5) is 44.1. The van der Waals surface area contributed by atoms with Crippen molar-refractivity contribution in [2.75, 3.05) is 13.1 Å². The topological polar surface area (TPSA) is 98.3 Å². The van der Waals surface area contributed by atoms with Gasteiger partial charge in [0, 0.05) is 19.0 Å². The molecule has 1 saturated heterocycles. The van der Waals surface area contributed by atoms with Crippen LogP contribution in [-0.2, 0) is 9.59 Å². The molecule has 2 N–H and O–H groups in total. The first-order valence-corrected chi connectivity index (χ1v) is 11.7. The van der Waals surface area contributed by atoms with Crippen LogP contribution >= 0.6 is 23.4 Å². The van der Waals surface area contributed by atoms with Crippen molar-refractivity contribution >= 4 is 46.1 Å². The van der Waals surface area contributed by atoms with Crippen LogP contribution in [0.5, 0.6) is 0 Å². The van der Waals surface area contributed by atoms with Crippen LogP contribution in [0.25, 0.3) is 16.6 Å². The Balaban J connectivity index is 1.68. The van der Waals surface area contributed by atoms with Crippen molar-refractivity contribution in [3.8, 4) is 5.69 Å². The molecule has 33 heavy (non-hydrogen) atoms. The number of primary amides is 1. The number of carbonyl (C=O) groups excluding carboxylic acids is 2. The second kappa shape index (κ2) is 9.52. The van der Waals surface area contributed by atoms with Gasteiger partial charge in [-0.2, -0.15) is 0 Å². The lowest BCUT2D eigenvalue weighted by Gasteiger charge is -2.32. The summed E-state index contributed by atoms with van der Waals surface area (Å²) in [5.41, 5.74) is 5.89. The van der Waals surface area contributed by atoms with Crippen LogP contribution < -0.4 is 11.3 Å². The Morgan fingerprint density at radius 1 is 1.21 bits per heavy atom. The fourth-order valence-electron chi connectivity index (χ4n) is 3.89. The van der Waals surface area contributed by atoms with Crippen LogP contribution in [0.2, 0.25) is 5.02 Å². The third-order valence-electron chi connectivity index (χ3n) is 5.75. The lowest BCUT2D eigenvalue weighted by Crippen LogP contribution is -2.44. The van der Waals surface area contributed by atoms with Crippen molar-refractivity contribution in [3.05, 3.63) is 63.7 Å². The molecule has 0 aliphatic carbocycles. The minimum absolute atomic E-state index is 0.117. The Hall–Kier alpha value is -2.91. The quantitative estimate of drug-likeness (QED) is 0.438. The molecule has 1 aliphatic heterocycles. The van der Waals surface area contributed by atoms with Crippen LogP contribution in [0.4, 0.5) is 4.39 Å². The van der Waals surface area contributed by atoms with Crippen molar-refractivity contribution in [3.63, 3.8) is 0 Å². The first-order valence-electron chi connectivity index (χ1n) is 10.5.